The van der Waals surface area contributed by atoms with Gasteiger partial charge >= 0.3 is 5.02 Å². The molecule has 0 fully saturated rings. The summed E-state index contributed by atoms with van der Waals surface area (Å²) in [4.78, 5) is 0. The van der Waals surface area contributed by atoms with Crippen LogP contribution in [0.25, 0.3) is 0 Å². The molecule has 0 saturated heterocycles. The molecule has 0 unspecified atom stereocenters. The standard InChI is InChI=1S/C13H8BrF3O3/c14-13(16,17)20-9-6-4-8(5-7-9)19-12-10(15)2-1-3-11(12)18/h1-7,18H. The van der Waals surface area contributed by atoms with Crippen LogP contribution in [0.15, 0.2) is 42.5 Å². The Morgan fingerprint density at radius 3 is 2.15 bits per heavy atom. The Kier molecular flexibility index (Phi) is 4.08. The molecule has 3 nitrogen and oxygen atoms in total. The Labute approximate surface area is 120 Å². The lowest BCUT2D eigenvalue weighted by Crippen LogP contribution is -2.14. The highest BCUT2D eigenvalue weighted by molar-refractivity contribution is 9.09. The second-order valence-electron chi connectivity index (χ2n) is 3.71. The molecule has 0 aliphatic heterocycles. The molecule has 0 aliphatic carbocycles. The van der Waals surface area contributed by atoms with Crippen LogP contribution in [0.3, 0.4) is 0 Å². The van der Waals surface area contributed by atoms with Crippen LogP contribution >= 0.6 is 15.9 Å². The second kappa shape index (κ2) is 5.62. The van der Waals surface area contributed by atoms with Crippen LogP contribution < -0.4 is 9.47 Å². The third-order valence-electron chi connectivity index (χ3n) is 2.22. The zero-order chi connectivity index (χ0) is 14.8. The van der Waals surface area contributed by atoms with E-state index in [2.05, 4.69) is 4.74 Å². The normalized spacial score (nSPS) is 11.2. The van der Waals surface area contributed by atoms with Crippen LogP contribution in [0.5, 0.6) is 23.0 Å². The SMILES string of the molecule is Oc1cccc(F)c1Oc1ccc(OC(F)(F)Br)cc1. The average molecular weight is 349 g/mol. The number of benzene rings is 2. The van der Waals surface area contributed by atoms with Crippen LogP contribution in [-0.2, 0) is 0 Å². The van der Waals surface area contributed by atoms with Crippen molar-refractivity contribution in [3.05, 3.63) is 48.3 Å². The number of alkyl halides is 3. The van der Waals surface area contributed by atoms with E-state index in [0.717, 1.165) is 6.07 Å². The maximum absolute atomic E-state index is 13.4. The summed E-state index contributed by atoms with van der Waals surface area (Å²) >= 11 is 2.04. The maximum Gasteiger partial charge on any atom is 0.459 e. The van der Waals surface area contributed by atoms with E-state index >= 15 is 0 Å². The second-order valence-corrected chi connectivity index (χ2v) is 4.63. The van der Waals surface area contributed by atoms with Gasteiger partial charge in [0.2, 0.25) is 5.75 Å². The topological polar surface area (TPSA) is 38.7 Å². The highest BCUT2D eigenvalue weighted by Crippen LogP contribution is 2.34. The van der Waals surface area contributed by atoms with Gasteiger partial charge in [-0.05, 0) is 36.4 Å². The number of hydrogen-bond acceptors (Lipinski definition) is 3. The van der Waals surface area contributed by atoms with Crippen LogP contribution in [0, 0.1) is 5.82 Å². The monoisotopic (exact) mass is 348 g/mol. The number of para-hydroxylation sites is 1. The van der Waals surface area contributed by atoms with Gasteiger partial charge in [-0.2, -0.15) is 8.78 Å². The van der Waals surface area contributed by atoms with E-state index in [1.165, 1.54) is 36.4 Å². The zero-order valence-corrected chi connectivity index (χ0v) is 11.4. The average Bonchev–Trinajstić information content (AvgIpc) is 2.34. The third-order valence-corrected chi connectivity index (χ3v) is 2.39. The van der Waals surface area contributed by atoms with Crippen LogP contribution in [0.1, 0.15) is 0 Å². The summed E-state index contributed by atoms with van der Waals surface area (Å²) in [5.74, 6) is -1.38. The summed E-state index contributed by atoms with van der Waals surface area (Å²) in [6, 6.07) is 8.77. The molecule has 2 rings (SSSR count). The van der Waals surface area contributed by atoms with Gasteiger partial charge in [0.1, 0.15) is 11.5 Å². The molecule has 0 aliphatic rings. The fourth-order valence-electron chi connectivity index (χ4n) is 1.43. The van der Waals surface area contributed by atoms with Crippen molar-refractivity contribution in [1.29, 1.82) is 0 Å². The first-order valence-electron chi connectivity index (χ1n) is 5.36. The molecule has 0 atom stereocenters. The van der Waals surface area contributed by atoms with Gasteiger partial charge in [-0.15, -0.1) is 0 Å². The van der Waals surface area contributed by atoms with Gasteiger partial charge in [0, 0.05) is 15.9 Å². The van der Waals surface area contributed by atoms with Crippen LogP contribution in [-0.4, -0.2) is 10.1 Å². The maximum atomic E-state index is 13.4. The van der Waals surface area contributed by atoms with Crippen molar-refractivity contribution >= 4 is 15.9 Å². The van der Waals surface area contributed by atoms with E-state index in [9.17, 15) is 18.3 Å². The lowest BCUT2D eigenvalue weighted by atomic mass is 10.3. The van der Waals surface area contributed by atoms with Crippen molar-refractivity contribution in [1.82, 2.24) is 0 Å². The summed E-state index contributed by atoms with van der Waals surface area (Å²) in [6.45, 7) is 0. The minimum atomic E-state index is -3.47. The molecule has 2 aromatic carbocycles. The first-order chi connectivity index (χ1) is 9.35. The van der Waals surface area contributed by atoms with Crippen molar-refractivity contribution < 1.29 is 27.8 Å². The van der Waals surface area contributed by atoms with Gasteiger partial charge in [0.05, 0.1) is 0 Å². The Morgan fingerprint density at radius 1 is 1.00 bits per heavy atom. The smallest absolute Gasteiger partial charge is 0.459 e. The number of aromatic hydroxyl groups is 1. The van der Waals surface area contributed by atoms with Crippen molar-refractivity contribution in [3.63, 3.8) is 0 Å². The van der Waals surface area contributed by atoms with Gasteiger partial charge in [-0.1, -0.05) is 6.07 Å². The molecule has 0 heterocycles. The minimum Gasteiger partial charge on any atom is -0.504 e. The van der Waals surface area contributed by atoms with Crippen molar-refractivity contribution in [2.75, 3.05) is 0 Å². The van der Waals surface area contributed by atoms with Gasteiger partial charge in [-0.25, -0.2) is 4.39 Å². The quantitative estimate of drug-likeness (QED) is 0.817. The van der Waals surface area contributed by atoms with Crippen molar-refractivity contribution in [3.8, 4) is 23.0 Å². The molecule has 106 valence electrons. The van der Waals surface area contributed by atoms with Gasteiger partial charge in [-0.3, -0.25) is 0 Å². The van der Waals surface area contributed by atoms with E-state index in [1.807, 2.05) is 15.9 Å². The Morgan fingerprint density at radius 2 is 1.60 bits per heavy atom. The molecular weight excluding hydrogens is 341 g/mol. The number of ether oxygens (including phenoxy) is 2. The van der Waals surface area contributed by atoms with E-state index in [0.29, 0.717) is 0 Å². The molecule has 0 amide bonds. The molecular formula is C13H8BrF3O3. The Balaban J connectivity index is 2.15. The molecule has 0 saturated carbocycles. The van der Waals surface area contributed by atoms with Crippen LogP contribution in [0.4, 0.5) is 13.2 Å². The molecule has 0 spiro atoms. The highest BCUT2D eigenvalue weighted by atomic mass is 79.9. The predicted molar refractivity (Wildman–Crippen MR) is 69.1 cm³/mol. The summed E-state index contributed by atoms with van der Waals surface area (Å²) in [5, 5.41) is 5.99. The van der Waals surface area contributed by atoms with Gasteiger partial charge in [0.15, 0.2) is 11.6 Å². The number of phenolic OH excluding ortho intramolecular Hbond substituents is 1. The predicted octanol–water partition coefficient (Wildman–Crippen LogP) is 4.65. The molecule has 1 N–H and O–H groups in total. The molecule has 20 heavy (non-hydrogen) atoms. The highest BCUT2D eigenvalue weighted by Gasteiger charge is 2.26. The molecule has 0 aromatic heterocycles. The van der Waals surface area contributed by atoms with E-state index in [4.69, 9.17) is 4.74 Å². The molecule has 0 bridgehead atoms. The van der Waals surface area contributed by atoms with Gasteiger partial charge < -0.3 is 14.6 Å². The third kappa shape index (κ3) is 3.80. The Bertz CT molecular complexity index is 577. The number of halogens is 4. The van der Waals surface area contributed by atoms with Crippen LogP contribution in [0.2, 0.25) is 0 Å². The number of phenols is 1. The largest absolute Gasteiger partial charge is 0.504 e. The lowest BCUT2D eigenvalue weighted by Gasteiger charge is -2.12. The van der Waals surface area contributed by atoms with E-state index in [1.54, 1.807) is 0 Å². The van der Waals surface area contributed by atoms with Crippen molar-refractivity contribution in [2.24, 2.45) is 0 Å². The fraction of sp³-hybridized carbons (Fsp3) is 0.0769. The molecule has 7 heteroatoms. The first-order valence-corrected chi connectivity index (χ1v) is 6.15. The molecule has 0 radical (unpaired) electrons. The summed E-state index contributed by atoms with van der Waals surface area (Å²) in [6.07, 6.45) is 0. The summed E-state index contributed by atoms with van der Waals surface area (Å²) in [7, 11) is 0. The minimum absolute atomic E-state index is 0.100. The number of hydrogen-bond donors (Lipinski definition) is 1. The summed E-state index contributed by atoms with van der Waals surface area (Å²) < 4.78 is 47.9. The lowest BCUT2D eigenvalue weighted by molar-refractivity contribution is -0.0803. The van der Waals surface area contributed by atoms with E-state index in [-0.39, 0.29) is 23.0 Å². The fourth-order valence-corrected chi connectivity index (χ4v) is 1.61. The van der Waals surface area contributed by atoms with Gasteiger partial charge in [0.25, 0.3) is 0 Å². The molecule has 2 aromatic rings. The van der Waals surface area contributed by atoms with Crippen molar-refractivity contribution in [2.45, 2.75) is 5.02 Å². The Hall–Kier alpha value is -1.89. The number of rotatable bonds is 4. The zero-order valence-electron chi connectivity index (χ0n) is 9.82. The first kappa shape index (κ1) is 14.5. The van der Waals surface area contributed by atoms with E-state index < -0.39 is 10.8 Å². The summed E-state index contributed by atoms with van der Waals surface area (Å²) in [5.41, 5.74) is 0.